The van der Waals surface area contributed by atoms with Crippen LogP contribution in [0.4, 0.5) is 5.69 Å². The zero-order valence-electron chi connectivity index (χ0n) is 12.0. The van der Waals surface area contributed by atoms with E-state index >= 15 is 0 Å². The van der Waals surface area contributed by atoms with Gasteiger partial charge in [-0.1, -0.05) is 13.8 Å². The number of fused-ring (bicyclic) bond motifs is 1. The number of hydrogen-bond acceptors (Lipinski definition) is 5. The molecule has 0 amide bonds. The molecule has 2 unspecified atom stereocenters. The van der Waals surface area contributed by atoms with Crippen LogP contribution in [0.5, 0.6) is 11.5 Å². The van der Waals surface area contributed by atoms with Gasteiger partial charge in [0.15, 0.2) is 11.5 Å². The molecule has 1 aliphatic rings. The van der Waals surface area contributed by atoms with Gasteiger partial charge in [0, 0.05) is 17.5 Å². The highest BCUT2D eigenvalue weighted by molar-refractivity contribution is 5.56. The van der Waals surface area contributed by atoms with Crippen LogP contribution in [-0.2, 0) is 0 Å². The van der Waals surface area contributed by atoms with Crippen LogP contribution in [0.3, 0.4) is 0 Å². The Balaban J connectivity index is 2.47. The second-order valence-electron chi connectivity index (χ2n) is 4.90. The number of ether oxygens (including phenoxy) is 2. The van der Waals surface area contributed by atoms with Crippen molar-refractivity contribution in [1.82, 2.24) is 5.32 Å². The third-order valence-electron chi connectivity index (χ3n) is 3.79. The van der Waals surface area contributed by atoms with Crippen molar-refractivity contribution >= 4 is 5.69 Å². The molecule has 6 heteroatoms. The van der Waals surface area contributed by atoms with Crippen LogP contribution >= 0.6 is 0 Å². The monoisotopic (exact) mass is 280 g/mol. The molecule has 1 N–H and O–H groups in total. The largest absolute Gasteiger partial charge is 0.486 e. The van der Waals surface area contributed by atoms with Crippen molar-refractivity contribution in [2.75, 3.05) is 20.3 Å². The average molecular weight is 280 g/mol. The highest BCUT2D eigenvalue weighted by atomic mass is 16.6. The van der Waals surface area contributed by atoms with Gasteiger partial charge in [0.2, 0.25) is 0 Å². The summed E-state index contributed by atoms with van der Waals surface area (Å²) < 4.78 is 10.9. The molecular weight excluding hydrogens is 260 g/mol. The normalized spacial score (nSPS) is 16.6. The second-order valence-corrected chi connectivity index (χ2v) is 4.90. The number of hydrogen-bond donors (Lipinski definition) is 1. The van der Waals surface area contributed by atoms with Crippen molar-refractivity contribution in [3.63, 3.8) is 0 Å². The Kier molecular flexibility index (Phi) is 4.44. The zero-order chi connectivity index (χ0) is 14.7. The topological polar surface area (TPSA) is 73.6 Å². The van der Waals surface area contributed by atoms with Crippen molar-refractivity contribution in [3.05, 3.63) is 27.8 Å². The maximum absolute atomic E-state index is 11.3. The Morgan fingerprint density at radius 1 is 1.35 bits per heavy atom. The summed E-state index contributed by atoms with van der Waals surface area (Å²) in [7, 11) is 1.87. The summed E-state index contributed by atoms with van der Waals surface area (Å²) in [6.45, 7) is 4.94. The predicted molar refractivity (Wildman–Crippen MR) is 75.6 cm³/mol. The fraction of sp³-hybridized carbons (Fsp3) is 0.571. The van der Waals surface area contributed by atoms with Gasteiger partial charge < -0.3 is 14.8 Å². The number of nitrogens with zero attached hydrogens (tertiary/aromatic N) is 1. The van der Waals surface area contributed by atoms with E-state index in [-0.39, 0.29) is 22.6 Å². The third-order valence-corrected chi connectivity index (χ3v) is 3.79. The molecule has 0 spiro atoms. The van der Waals surface area contributed by atoms with E-state index < -0.39 is 0 Å². The number of nitro groups is 1. The van der Waals surface area contributed by atoms with E-state index in [0.29, 0.717) is 30.3 Å². The molecule has 0 aromatic heterocycles. The van der Waals surface area contributed by atoms with E-state index in [9.17, 15) is 10.1 Å². The number of benzene rings is 1. The fourth-order valence-corrected chi connectivity index (χ4v) is 2.64. The quantitative estimate of drug-likeness (QED) is 0.662. The van der Waals surface area contributed by atoms with Gasteiger partial charge in [0.25, 0.3) is 5.69 Å². The van der Waals surface area contributed by atoms with Crippen molar-refractivity contribution < 1.29 is 14.4 Å². The Hall–Kier alpha value is -1.82. The third kappa shape index (κ3) is 2.70. The fourth-order valence-electron chi connectivity index (χ4n) is 2.64. The van der Waals surface area contributed by atoms with E-state index in [2.05, 4.69) is 12.2 Å². The summed E-state index contributed by atoms with van der Waals surface area (Å²) in [6, 6.07) is 3.40. The van der Waals surface area contributed by atoms with Crippen molar-refractivity contribution in [2.24, 2.45) is 0 Å². The zero-order valence-corrected chi connectivity index (χ0v) is 12.0. The summed E-state index contributed by atoms with van der Waals surface area (Å²) in [5, 5.41) is 14.5. The minimum Gasteiger partial charge on any atom is -0.486 e. The van der Waals surface area contributed by atoms with Gasteiger partial charge in [-0.3, -0.25) is 10.1 Å². The van der Waals surface area contributed by atoms with Crippen LogP contribution in [0.25, 0.3) is 0 Å². The van der Waals surface area contributed by atoms with E-state index in [1.54, 1.807) is 6.07 Å². The molecule has 20 heavy (non-hydrogen) atoms. The molecule has 110 valence electrons. The van der Waals surface area contributed by atoms with Crippen molar-refractivity contribution in [3.8, 4) is 11.5 Å². The van der Waals surface area contributed by atoms with Crippen LogP contribution in [0.1, 0.15) is 31.7 Å². The Bertz CT molecular complexity index is 500. The lowest BCUT2D eigenvalue weighted by atomic mass is 9.90. The van der Waals surface area contributed by atoms with E-state index in [1.165, 1.54) is 6.07 Å². The first-order valence-electron chi connectivity index (χ1n) is 6.83. The first-order valence-corrected chi connectivity index (χ1v) is 6.83. The smallest absolute Gasteiger partial charge is 0.276 e. The van der Waals surface area contributed by atoms with Gasteiger partial charge in [-0.25, -0.2) is 0 Å². The maximum Gasteiger partial charge on any atom is 0.276 e. The lowest BCUT2D eigenvalue weighted by Gasteiger charge is -2.25. The molecule has 1 aromatic carbocycles. The number of nitro benzene ring substituents is 1. The summed E-state index contributed by atoms with van der Waals surface area (Å²) in [5.74, 6) is 1.06. The molecule has 1 heterocycles. The number of likely N-dealkylation sites (N-methyl/N-ethyl adjacent to an activating group) is 1. The highest BCUT2D eigenvalue weighted by Crippen LogP contribution is 2.40. The number of nitrogens with one attached hydrogen (secondary N) is 1. The summed E-state index contributed by atoms with van der Waals surface area (Å²) in [5.41, 5.74) is 0.774. The lowest BCUT2D eigenvalue weighted by Crippen LogP contribution is -2.30. The van der Waals surface area contributed by atoms with Crippen molar-refractivity contribution in [1.29, 1.82) is 0 Å². The first kappa shape index (κ1) is 14.6. The minimum absolute atomic E-state index is 0.0150. The molecule has 6 nitrogen and oxygen atoms in total. The molecule has 0 fully saturated rings. The van der Waals surface area contributed by atoms with Crippen LogP contribution < -0.4 is 14.8 Å². The second kappa shape index (κ2) is 6.09. The van der Waals surface area contributed by atoms with Crippen LogP contribution in [0, 0.1) is 10.1 Å². The lowest BCUT2D eigenvalue weighted by molar-refractivity contribution is -0.385. The van der Waals surface area contributed by atoms with Crippen LogP contribution in [-0.4, -0.2) is 31.2 Å². The Labute approximate surface area is 118 Å². The highest BCUT2D eigenvalue weighted by Gasteiger charge is 2.28. The summed E-state index contributed by atoms with van der Waals surface area (Å²) in [4.78, 5) is 10.9. The molecular formula is C14H20N2O4. The van der Waals surface area contributed by atoms with Gasteiger partial charge in [-0.05, 0) is 19.5 Å². The Morgan fingerprint density at radius 3 is 2.45 bits per heavy atom. The Morgan fingerprint density at radius 2 is 1.95 bits per heavy atom. The molecule has 1 aromatic rings. The summed E-state index contributed by atoms with van der Waals surface area (Å²) >= 11 is 0. The van der Waals surface area contributed by atoms with Gasteiger partial charge in [0.05, 0.1) is 11.0 Å². The van der Waals surface area contributed by atoms with Crippen molar-refractivity contribution in [2.45, 2.75) is 32.2 Å². The van der Waals surface area contributed by atoms with Gasteiger partial charge in [-0.2, -0.15) is 0 Å². The summed E-state index contributed by atoms with van der Waals surface area (Å²) in [6.07, 6.45) is 0.892. The molecule has 0 bridgehead atoms. The standard InChI is InChI=1S/C14H20N2O4/c1-4-11(15-3)9(2)10-7-13-14(20-6-5-19-13)8-12(10)16(17)18/h7-9,11,15H,4-6H2,1-3H3. The van der Waals surface area contributed by atoms with Gasteiger partial charge in [0.1, 0.15) is 13.2 Å². The molecule has 0 saturated carbocycles. The van der Waals surface area contributed by atoms with Crippen LogP contribution in [0.15, 0.2) is 12.1 Å². The van der Waals surface area contributed by atoms with E-state index in [4.69, 9.17) is 9.47 Å². The predicted octanol–water partition coefficient (Wildman–Crippen LogP) is 2.47. The molecule has 0 aliphatic carbocycles. The van der Waals surface area contributed by atoms with E-state index in [1.807, 2.05) is 14.0 Å². The first-order chi connectivity index (χ1) is 9.58. The van der Waals surface area contributed by atoms with Gasteiger partial charge in [-0.15, -0.1) is 0 Å². The molecule has 2 atom stereocenters. The van der Waals surface area contributed by atoms with Crippen LogP contribution in [0.2, 0.25) is 0 Å². The maximum atomic E-state index is 11.3. The SMILES string of the molecule is CCC(NC)C(C)c1cc2c(cc1[N+](=O)[O-])OCCO2. The molecule has 2 rings (SSSR count). The average Bonchev–Trinajstić information content (AvgIpc) is 2.46. The molecule has 1 aliphatic heterocycles. The van der Waals surface area contributed by atoms with Gasteiger partial charge >= 0.3 is 0 Å². The molecule has 0 saturated heterocycles. The number of rotatable bonds is 5. The minimum atomic E-state index is -0.355. The van der Waals surface area contributed by atoms with E-state index in [0.717, 1.165) is 6.42 Å². The molecule has 0 radical (unpaired) electrons.